The Hall–Kier alpha value is -3.08. The average molecular weight is 380 g/mol. The van der Waals surface area contributed by atoms with Crippen LogP contribution in [0.25, 0.3) is 11.0 Å². The summed E-state index contributed by atoms with van der Waals surface area (Å²) in [6.45, 7) is 6.23. The molecule has 1 heterocycles. The maximum atomic E-state index is 12.3. The molecule has 3 rings (SSSR count). The first kappa shape index (κ1) is 19.7. The highest BCUT2D eigenvalue weighted by Crippen LogP contribution is 2.27. The number of benzene rings is 2. The van der Waals surface area contributed by atoms with E-state index in [-0.39, 0.29) is 19.0 Å². The number of methoxy groups -OCH3 is 1. The monoisotopic (exact) mass is 380 g/mol. The lowest BCUT2D eigenvalue weighted by Crippen LogP contribution is -2.10. The van der Waals surface area contributed by atoms with Gasteiger partial charge in [-0.2, -0.15) is 0 Å². The van der Waals surface area contributed by atoms with Crippen molar-refractivity contribution < 1.29 is 18.7 Å². The molecule has 1 aromatic heterocycles. The summed E-state index contributed by atoms with van der Waals surface area (Å²) in [6.07, 6.45) is 0.0970. The van der Waals surface area contributed by atoms with Crippen LogP contribution in [0.5, 0.6) is 5.75 Å². The number of rotatable bonds is 6. The van der Waals surface area contributed by atoms with Gasteiger partial charge in [-0.3, -0.25) is 4.79 Å². The highest BCUT2D eigenvalue weighted by molar-refractivity contribution is 5.82. The van der Waals surface area contributed by atoms with Crippen molar-refractivity contribution in [2.24, 2.45) is 0 Å². The predicted octanol–water partition coefficient (Wildman–Crippen LogP) is 4.52. The molecule has 0 bridgehead atoms. The van der Waals surface area contributed by atoms with Crippen molar-refractivity contribution in [3.05, 3.63) is 75.1 Å². The summed E-state index contributed by atoms with van der Waals surface area (Å²) in [7, 11) is 1.56. The molecule has 28 heavy (non-hydrogen) atoms. The molecule has 0 atom stereocenters. The van der Waals surface area contributed by atoms with Crippen molar-refractivity contribution >= 4 is 16.9 Å². The molecule has 0 fully saturated rings. The van der Waals surface area contributed by atoms with Gasteiger partial charge in [-0.15, -0.1) is 0 Å². The van der Waals surface area contributed by atoms with E-state index in [2.05, 4.69) is 13.8 Å². The zero-order valence-electron chi connectivity index (χ0n) is 16.6. The Balaban J connectivity index is 1.84. The van der Waals surface area contributed by atoms with E-state index in [1.54, 1.807) is 13.2 Å². The summed E-state index contributed by atoms with van der Waals surface area (Å²) in [4.78, 5) is 24.3. The highest BCUT2D eigenvalue weighted by atomic mass is 16.5. The van der Waals surface area contributed by atoms with Gasteiger partial charge < -0.3 is 13.9 Å². The lowest BCUT2D eigenvalue weighted by Gasteiger charge is -2.13. The third-order valence-electron chi connectivity index (χ3n) is 4.75. The van der Waals surface area contributed by atoms with Gasteiger partial charge in [0, 0.05) is 22.6 Å². The molecule has 2 aromatic carbocycles. The van der Waals surface area contributed by atoms with E-state index in [1.165, 1.54) is 11.6 Å². The molecule has 0 N–H and O–H groups in total. The molecule has 0 unspecified atom stereocenters. The maximum absolute atomic E-state index is 12.3. The van der Waals surface area contributed by atoms with Crippen LogP contribution in [0.2, 0.25) is 0 Å². The van der Waals surface area contributed by atoms with E-state index in [4.69, 9.17) is 13.9 Å². The fourth-order valence-electron chi connectivity index (χ4n) is 3.35. The molecular weight excluding hydrogens is 356 g/mol. The van der Waals surface area contributed by atoms with Gasteiger partial charge >= 0.3 is 11.6 Å². The van der Waals surface area contributed by atoms with E-state index in [1.807, 2.05) is 37.3 Å². The quantitative estimate of drug-likeness (QED) is 0.465. The van der Waals surface area contributed by atoms with Crippen molar-refractivity contribution in [1.82, 2.24) is 0 Å². The lowest BCUT2D eigenvalue weighted by molar-refractivity contribution is -0.144. The number of esters is 1. The SMILES string of the molecule is COc1ccccc1CC(=O)OCc1cc(=O)oc2cc(C)c(C(C)C)cc12. The van der Waals surface area contributed by atoms with Gasteiger partial charge in [0.15, 0.2) is 0 Å². The standard InChI is InChI=1S/C23H24O5/c1-14(2)18-12-19-17(11-23(25)28-21(19)9-15(18)3)13-27-22(24)10-16-7-5-6-8-20(16)26-4/h5-9,11-12,14H,10,13H2,1-4H3. The van der Waals surface area contributed by atoms with Gasteiger partial charge in [0.2, 0.25) is 0 Å². The van der Waals surface area contributed by atoms with E-state index < -0.39 is 5.63 Å². The Morgan fingerprint density at radius 3 is 2.57 bits per heavy atom. The van der Waals surface area contributed by atoms with Crippen LogP contribution in [0.3, 0.4) is 0 Å². The van der Waals surface area contributed by atoms with Crippen molar-refractivity contribution in [1.29, 1.82) is 0 Å². The highest BCUT2D eigenvalue weighted by Gasteiger charge is 2.14. The maximum Gasteiger partial charge on any atom is 0.336 e. The third-order valence-corrected chi connectivity index (χ3v) is 4.75. The normalized spacial score (nSPS) is 11.0. The molecule has 146 valence electrons. The van der Waals surface area contributed by atoms with Gasteiger partial charge in [0.05, 0.1) is 13.5 Å². The fraction of sp³-hybridized carbons (Fsp3) is 0.304. The Morgan fingerprint density at radius 1 is 1.11 bits per heavy atom. The number of carbonyl (C=O) groups is 1. The molecule has 3 aromatic rings. The Labute approximate surface area is 163 Å². The Morgan fingerprint density at radius 2 is 1.86 bits per heavy atom. The summed E-state index contributed by atoms with van der Waals surface area (Å²) >= 11 is 0. The largest absolute Gasteiger partial charge is 0.496 e. The van der Waals surface area contributed by atoms with Crippen LogP contribution in [0.4, 0.5) is 0 Å². The summed E-state index contributed by atoms with van der Waals surface area (Å²) in [5, 5.41) is 0.791. The average Bonchev–Trinajstić information content (AvgIpc) is 2.65. The first-order valence-corrected chi connectivity index (χ1v) is 9.24. The van der Waals surface area contributed by atoms with Crippen molar-refractivity contribution in [2.45, 2.75) is 39.7 Å². The zero-order chi connectivity index (χ0) is 20.3. The van der Waals surface area contributed by atoms with Gasteiger partial charge in [0.1, 0.15) is 17.9 Å². The second-order valence-corrected chi connectivity index (χ2v) is 7.10. The van der Waals surface area contributed by atoms with Gasteiger partial charge in [-0.1, -0.05) is 32.0 Å². The minimum Gasteiger partial charge on any atom is -0.496 e. The molecule has 0 aliphatic carbocycles. The van der Waals surface area contributed by atoms with E-state index in [9.17, 15) is 9.59 Å². The molecule has 0 saturated carbocycles. The minimum atomic E-state index is -0.458. The Kier molecular flexibility index (Phi) is 5.83. The number of hydrogen-bond acceptors (Lipinski definition) is 5. The number of aryl methyl sites for hydroxylation is 1. The first-order chi connectivity index (χ1) is 13.4. The number of carbonyl (C=O) groups excluding carboxylic acids is 1. The van der Waals surface area contributed by atoms with E-state index >= 15 is 0 Å². The first-order valence-electron chi connectivity index (χ1n) is 9.24. The fourth-order valence-corrected chi connectivity index (χ4v) is 3.35. The number of fused-ring (bicyclic) bond motifs is 1. The molecule has 0 amide bonds. The van der Waals surface area contributed by atoms with Crippen LogP contribution in [-0.2, 0) is 22.6 Å². The van der Waals surface area contributed by atoms with Crippen LogP contribution in [0.15, 0.2) is 51.7 Å². The second-order valence-electron chi connectivity index (χ2n) is 7.10. The molecule has 0 aliphatic heterocycles. The molecule has 0 spiro atoms. The summed E-state index contributed by atoms with van der Waals surface area (Å²) in [5.41, 5.74) is 3.68. The van der Waals surface area contributed by atoms with Crippen LogP contribution in [0.1, 0.15) is 42.0 Å². The van der Waals surface area contributed by atoms with Crippen molar-refractivity contribution in [3.63, 3.8) is 0 Å². The van der Waals surface area contributed by atoms with E-state index in [0.29, 0.717) is 22.8 Å². The van der Waals surface area contributed by atoms with Crippen LogP contribution in [-0.4, -0.2) is 13.1 Å². The topological polar surface area (TPSA) is 65.7 Å². The number of para-hydroxylation sites is 1. The van der Waals surface area contributed by atoms with Gasteiger partial charge in [0.25, 0.3) is 0 Å². The van der Waals surface area contributed by atoms with Gasteiger partial charge in [-0.25, -0.2) is 4.79 Å². The molecule has 0 aliphatic rings. The minimum absolute atomic E-state index is 0.0106. The van der Waals surface area contributed by atoms with Crippen molar-refractivity contribution in [2.75, 3.05) is 7.11 Å². The summed E-state index contributed by atoms with van der Waals surface area (Å²) in [5.74, 6) is 0.585. The third kappa shape index (κ3) is 4.25. The summed E-state index contributed by atoms with van der Waals surface area (Å²) in [6, 6.07) is 12.6. The molecule has 0 radical (unpaired) electrons. The summed E-state index contributed by atoms with van der Waals surface area (Å²) < 4.78 is 16.1. The lowest BCUT2D eigenvalue weighted by atomic mass is 9.95. The number of ether oxygens (including phenoxy) is 2. The zero-order valence-corrected chi connectivity index (χ0v) is 16.6. The van der Waals surface area contributed by atoms with Crippen LogP contribution in [0, 0.1) is 6.92 Å². The predicted molar refractivity (Wildman–Crippen MR) is 108 cm³/mol. The van der Waals surface area contributed by atoms with E-state index in [0.717, 1.165) is 16.5 Å². The molecule has 5 nitrogen and oxygen atoms in total. The Bertz CT molecular complexity index is 1060. The molecular formula is C23H24O5. The van der Waals surface area contributed by atoms with Gasteiger partial charge in [-0.05, 0) is 42.2 Å². The van der Waals surface area contributed by atoms with Crippen LogP contribution < -0.4 is 10.4 Å². The molecule has 5 heteroatoms. The molecule has 0 saturated heterocycles. The van der Waals surface area contributed by atoms with Crippen molar-refractivity contribution in [3.8, 4) is 5.75 Å². The smallest absolute Gasteiger partial charge is 0.336 e. The number of hydrogen-bond donors (Lipinski definition) is 0. The van der Waals surface area contributed by atoms with Crippen LogP contribution >= 0.6 is 0 Å². The second kappa shape index (κ2) is 8.30.